The van der Waals surface area contributed by atoms with Gasteiger partial charge in [-0.25, -0.2) is 14.4 Å². The molecule has 1 saturated heterocycles. The van der Waals surface area contributed by atoms with Crippen molar-refractivity contribution in [3.05, 3.63) is 72.7 Å². The summed E-state index contributed by atoms with van der Waals surface area (Å²) in [5.74, 6) is 0.681. The average Bonchev–Trinajstić information content (AvgIpc) is 2.83. The number of alkyl halides is 4. The van der Waals surface area contributed by atoms with E-state index in [2.05, 4.69) is 27.2 Å². The molecule has 3 aromatic rings. The van der Waals surface area contributed by atoms with Crippen LogP contribution in [0.25, 0.3) is 22.4 Å². The lowest BCUT2D eigenvalue weighted by Crippen LogP contribution is -2.46. The molecular formula is C26H27F4N5. The summed E-state index contributed by atoms with van der Waals surface area (Å²) in [7, 11) is 1.86. The number of fused-ring (bicyclic) bond motifs is 1. The second-order valence-electron chi connectivity index (χ2n) is 8.59. The summed E-state index contributed by atoms with van der Waals surface area (Å²) in [6.45, 7) is 4.72. The Morgan fingerprint density at radius 1 is 1.20 bits per heavy atom. The Bertz CT molecular complexity index is 1210. The summed E-state index contributed by atoms with van der Waals surface area (Å²) >= 11 is 0. The van der Waals surface area contributed by atoms with Crippen molar-refractivity contribution in [3.63, 3.8) is 0 Å². The monoisotopic (exact) mass is 485 g/mol. The highest BCUT2D eigenvalue weighted by molar-refractivity contribution is 6.00. The molecule has 1 fully saturated rings. The molecule has 0 radical (unpaired) electrons. The molecule has 1 aliphatic heterocycles. The average molecular weight is 486 g/mol. The third-order valence-corrected chi connectivity index (χ3v) is 5.96. The Balaban J connectivity index is 1.67. The number of anilines is 2. The lowest BCUT2D eigenvalue weighted by Gasteiger charge is -2.33. The molecule has 35 heavy (non-hydrogen) atoms. The van der Waals surface area contributed by atoms with Gasteiger partial charge in [-0.05, 0) is 43.8 Å². The zero-order chi connectivity index (χ0) is 25.0. The van der Waals surface area contributed by atoms with Gasteiger partial charge in [0.25, 0.3) is 0 Å². The first-order valence-electron chi connectivity index (χ1n) is 11.3. The Morgan fingerprint density at radius 3 is 2.74 bits per heavy atom. The molecular weight excluding hydrogens is 458 g/mol. The second-order valence-corrected chi connectivity index (χ2v) is 8.59. The standard InChI is InChI=1S/C26H27F4N5/c1-17(26(28,29)30)25-19-8-5-9-22(34-23-11-14-35(2)16-21(23)27)20(19)15-18(33-25)7-6-13-32-24-10-3-4-12-31-24/h3-10,12,15,21,23,34H,1,11,13-14,16H2,2H3,(H,31,32)/b7-6+/t21-,23+/m0/s1. The number of halogens is 4. The number of likely N-dealkylation sites (tertiary alicyclic amines) is 1. The smallest absolute Gasteiger partial charge is 0.379 e. The van der Waals surface area contributed by atoms with Crippen molar-refractivity contribution in [1.82, 2.24) is 14.9 Å². The van der Waals surface area contributed by atoms with Gasteiger partial charge in [-0.1, -0.05) is 30.9 Å². The predicted molar refractivity (Wildman–Crippen MR) is 133 cm³/mol. The van der Waals surface area contributed by atoms with Gasteiger partial charge in [-0.15, -0.1) is 0 Å². The van der Waals surface area contributed by atoms with Crippen LogP contribution < -0.4 is 10.6 Å². The van der Waals surface area contributed by atoms with E-state index < -0.39 is 24.0 Å². The molecule has 2 aromatic heterocycles. The van der Waals surface area contributed by atoms with Crippen LogP contribution in [0.15, 0.2) is 61.3 Å². The van der Waals surface area contributed by atoms with Gasteiger partial charge in [0, 0.05) is 42.3 Å². The maximum Gasteiger partial charge on any atom is 0.417 e. The summed E-state index contributed by atoms with van der Waals surface area (Å²) in [6.07, 6.45) is -0.0718. The van der Waals surface area contributed by atoms with Crippen LogP contribution in [-0.2, 0) is 0 Å². The molecule has 0 aliphatic carbocycles. The van der Waals surface area contributed by atoms with Crippen LogP contribution in [0.2, 0.25) is 0 Å². The topological polar surface area (TPSA) is 53.1 Å². The fraction of sp³-hybridized carbons (Fsp3) is 0.308. The molecule has 2 N–H and O–H groups in total. The minimum absolute atomic E-state index is 0.240. The van der Waals surface area contributed by atoms with Crippen LogP contribution in [0, 0.1) is 0 Å². The van der Waals surface area contributed by atoms with Gasteiger partial charge in [0.15, 0.2) is 0 Å². The fourth-order valence-electron chi connectivity index (χ4n) is 4.10. The van der Waals surface area contributed by atoms with Crippen LogP contribution in [0.5, 0.6) is 0 Å². The van der Waals surface area contributed by atoms with Crippen LogP contribution in [0.1, 0.15) is 17.8 Å². The van der Waals surface area contributed by atoms with E-state index in [4.69, 9.17) is 0 Å². The molecule has 2 atom stereocenters. The van der Waals surface area contributed by atoms with Gasteiger partial charge in [0.05, 0.1) is 23.0 Å². The number of benzene rings is 1. The Morgan fingerprint density at radius 2 is 2.03 bits per heavy atom. The zero-order valence-corrected chi connectivity index (χ0v) is 19.3. The Hall–Kier alpha value is -3.46. The molecule has 4 rings (SSSR count). The largest absolute Gasteiger partial charge is 0.417 e. The Kier molecular flexibility index (Phi) is 7.35. The quantitative estimate of drug-likeness (QED) is 0.415. The number of piperidine rings is 1. The number of hydrogen-bond donors (Lipinski definition) is 2. The molecule has 184 valence electrons. The second kappa shape index (κ2) is 10.4. The molecule has 0 unspecified atom stereocenters. The predicted octanol–water partition coefficient (Wildman–Crippen LogP) is 5.78. The van der Waals surface area contributed by atoms with Crippen LogP contribution >= 0.6 is 0 Å². The van der Waals surface area contributed by atoms with Gasteiger partial charge in [-0.3, -0.25) is 0 Å². The van der Waals surface area contributed by atoms with E-state index in [0.29, 0.717) is 47.5 Å². The molecule has 9 heteroatoms. The van der Waals surface area contributed by atoms with E-state index in [0.717, 1.165) is 6.54 Å². The first kappa shape index (κ1) is 24.7. The number of nitrogens with zero attached hydrogens (tertiary/aromatic N) is 3. The maximum atomic E-state index is 14.7. The number of allylic oxidation sites excluding steroid dienone is 1. The SMILES string of the molecule is C=C(c1nc(/C=C/CNc2ccccn2)cc2c(N[C@@H]3CCN(C)C[C@@H]3F)cccc12)C(F)(F)F. The van der Waals surface area contributed by atoms with Crippen LogP contribution in [0.4, 0.5) is 29.1 Å². The molecule has 1 aliphatic rings. The van der Waals surface area contributed by atoms with E-state index in [9.17, 15) is 17.6 Å². The number of aromatic nitrogens is 2. The van der Waals surface area contributed by atoms with Crippen molar-refractivity contribution in [2.45, 2.75) is 24.8 Å². The number of rotatable bonds is 7. The Labute approximate surface area is 201 Å². The minimum Gasteiger partial charge on any atom is -0.379 e. The van der Waals surface area contributed by atoms with E-state index in [1.807, 2.05) is 24.1 Å². The maximum absolute atomic E-state index is 14.7. The van der Waals surface area contributed by atoms with Crippen LogP contribution in [-0.4, -0.2) is 59.9 Å². The van der Waals surface area contributed by atoms with Crippen molar-refractivity contribution in [3.8, 4) is 0 Å². The highest BCUT2D eigenvalue weighted by Gasteiger charge is 2.35. The van der Waals surface area contributed by atoms with E-state index in [-0.39, 0.29) is 5.69 Å². The van der Waals surface area contributed by atoms with Crippen molar-refractivity contribution in [2.75, 3.05) is 37.3 Å². The zero-order valence-electron chi connectivity index (χ0n) is 19.3. The molecule has 0 saturated carbocycles. The highest BCUT2D eigenvalue weighted by atomic mass is 19.4. The first-order chi connectivity index (χ1) is 16.7. The van der Waals surface area contributed by atoms with Crippen molar-refractivity contribution in [2.24, 2.45) is 0 Å². The first-order valence-corrected chi connectivity index (χ1v) is 11.3. The van der Waals surface area contributed by atoms with Crippen molar-refractivity contribution < 1.29 is 17.6 Å². The van der Waals surface area contributed by atoms with Crippen LogP contribution in [0.3, 0.4) is 0 Å². The van der Waals surface area contributed by atoms with Gasteiger partial charge in [0.1, 0.15) is 12.0 Å². The van der Waals surface area contributed by atoms with E-state index in [1.54, 1.807) is 48.7 Å². The molecule has 0 spiro atoms. The van der Waals surface area contributed by atoms with E-state index >= 15 is 0 Å². The lowest BCUT2D eigenvalue weighted by molar-refractivity contribution is -0.0688. The summed E-state index contributed by atoms with van der Waals surface area (Å²) in [4.78, 5) is 10.4. The fourth-order valence-corrected chi connectivity index (χ4v) is 4.10. The normalized spacial score (nSPS) is 19.2. The summed E-state index contributed by atoms with van der Waals surface area (Å²) in [6, 6.07) is 11.7. The van der Waals surface area contributed by atoms with Gasteiger partial charge >= 0.3 is 6.18 Å². The molecule has 0 amide bonds. The number of pyridine rings is 2. The van der Waals surface area contributed by atoms with Crippen molar-refractivity contribution in [1.29, 1.82) is 0 Å². The molecule has 0 bridgehead atoms. The highest BCUT2D eigenvalue weighted by Crippen LogP contribution is 2.37. The van der Waals surface area contributed by atoms with Gasteiger partial charge in [0.2, 0.25) is 0 Å². The van der Waals surface area contributed by atoms with Gasteiger partial charge < -0.3 is 15.5 Å². The van der Waals surface area contributed by atoms with Gasteiger partial charge in [-0.2, -0.15) is 13.2 Å². The van der Waals surface area contributed by atoms with Crippen molar-refractivity contribution >= 4 is 33.9 Å². The lowest BCUT2D eigenvalue weighted by atomic mass is 9.99. The summed E-state index contributed by atoms with van der Waals surface area (Å²) in [5.41, 5.74) is -0.352. The number of nitrogens with one attached hydrogen (secondary N) is 2. The third-order valence-electron chi connectivity index (χ3n) is 5.96. The third kappa shape index (κ3) is 5.97. The molecule has 3 heterocycles. The summed E-state index contributed by atoms with van der Waals surface area (Å²) in [5, 5.41) is 7.18. The summed E-state index contributed by atoms with van der Waals surface area (Å²) < 4.78 is 55.5. The molecule has 1 aromatic carbocycles. The number of hydrogen-bond acceptors (Lipinski definition) is 5. The molecule has 5 nitrogen and oxygen atoms in total. The minimum atomic E-state index is -4.63. The van der Waals surface area contributed by atoms with E-state index in [1.165, 1.54) is 0 Å².